The zero-order valence-corrected chi connectivity index (χ0v) is 12.5. The zero-order valence-electron chi connectivity index (χ0n) is 12.5. The van der Waals surface area contributed by atoms with Crippen molar-refractivity contribution in [2.75, 3.05) is 13.1 Å². The van der Waals surface area contributed by atoms with Crippen molar-refractivity contribution in [3.05, 3.63) is 46.6 Å². The van der Waals surface area contributed by atoms with Gasteiger partial charge in [0, 0.05) is 25.3 Å². The first kappa shape index (κ1) is 13.8. The van der Waals surface area contributed by atoms with Crippen LogP contribution < -0.4 is 5.56 Å². The maximum Gasteiger partial charge on any atom is 0.271 e. The molecule has 2 bridgehead atoms. The molecule has 1 N–H and O–H groups in total. The smallest absolute Gasteiger partial charge is 0.271 e. The molecule has 1 aliphatic heterocycles. The van der Waals surface area contributed by atoms with E-state index in [0.717, 1.165) is 25.0 Å². The van der Waals surface area contributed by atoms with Crippen LogP contribution in [0.4, 0.5) is 4.39 Å². The second-order valence-electron chi connectivity index (χ2n) is 6.52. The number of H-pyrrole nitrogens is 1. The molecule has 5 heteroatoms. The van der Waals surface area contributed by atoms with Gasteiger partial charge >= 0.3 is 0 Å². The van der Waals surface area contributed by atoms with Crippen molar-refractivity contribution in [1.82, 2.24) is 14.7 Å². The van der Waals surface area contributed by atoms with E-state index in [9.17, 15) is 9.18 Å². The fourth-order valence-corrected chi connectivity index (χ4v) is 3.96. The molecule has 4 rings (SSSR count). The van der Waals surface area contributed by atoms with E-state index in [-0.39, 0.29) is 11.4 Å². The van der Waals surface area contributed by atoms with Crippen molar-refractivity contribution in [3.63, 3.8) is 0 Å². The summed E-state index contributed by atoms with van der Waals surface area (Å²) in [5.74, 6) is 0.564. The minimum Gasteiger partial charge on any atom is -0.298 e. The molecule has 116 valence electrons. The van der Waals surface area contributed by atoms with E-state index in [4.69, 9.17) is 0 Å². The molecule has 1 aromatic heterocycles. The quantitative estimate of drug-likeness (QED) is 0.942. The number of hydrogen-bond donors (Lipinski definition) is 1. The largest absolute Gasteiger partial charge is 0.298 e. The number of hydrogen-bond acceptors (Lipinski definition) is 2. The number of nitrogens with one attached hydrogen (secondary N) is 1. The van der Waals surface area contributed by atoms with Gasteiger partial charge in [-0.3, -0.25) is 19.5 Å². The van der Waals surface area contributed by atoms with Gasteiger partial charge in [0.1, 0.15) is 5.82 Å². The van der Waals surface area contributed by atoms with Crippen LogP contribution in [0.25, 0.3) is 11.1 Å². The standard InChI is InChI=1S/C17H20FN3O/c18-14-3-1-2-13(9-14)16-11-21(19-17(16)22)7-6-20-10-12-4-5-15(20)8-12/h1-3,9,11-12,15H,4-8,10H2,(H,19,22). The number of halogens is 1. The predicted octanol–water partition coefficient (Wildman–Crippen LogP) is 2.47. The number of nitrogens with zero attached hydrogens (tertiary/aromatic N) is 2. The van der Waals surface area contributed by atoms with Crippen molar-refractivity contribution in [2.45, 2.75) is 31.8 Å². The molecule has 4 nitrogen and oxygen atoms in total. The van der Waals surface area contributed by atoms with E-state index in [2.05, 4.69) is 10.00 Å². The Balaban J connectivity index is 1.47. The minimum atomic E-state index is -0.322. The van der Waals surface area contributed by atoms with Crippen molar-refractivity contribution in [2.24, 2.45) is 5.92 Å². The zero-order chi connectivity index (χ0) is 15.1. The minimum absolute atomic E-state index is 0.159. The number of aromatic amines is 1. The molecule has 2 unspecified atom stereocenters. The highest BCUT2D eigenvalue weighted by Crippen LogP contribution is 2.36. The summed E-state index contributed by atoms with van der Waals surface area (Å²) in [6, 6.07) is 6.92. The molecule has 2 aliphatic rings. The number of benzene rings is 1. The summed E-state index contributed by atoms with van der Waals surface area (Å²) in [6.07, 6.45) is 5.84. The van der Waals surface area contributed by atoms with E-state index in [1.54, 1.807) is 18.3 Å². The van der Waals surface area contributed by atoms with Gasteiger partial charge in [0.15, 0.2) is 0 Å². The van der Waals surface area contributed by atoms with Crippen LogP contribution in [0.5, 0.6) is 0 Å². The molecule has 2 aromatic rings. The first-order chi connectivity index (χ1) is 10.7. The number of fused-ring (bicyclic) bond motifs is 2. The van der Waals surface area contributed by atoms with Gasteiger partial charge in [-0.05, 0) is 42.9 Å². The molecular formula is C17H20FN3O. The molecule has 0 amide bonds. The van der Waals surface area contributed by atoms with Crippen LogP contribution in [0.3, 0.4) is 0 Å². The molecule has 0 radical (unpaired) electrons. The van der Waals surface area contributed by atoms with E-state index in [0.29, 0.717) is 11.1 Å². The van der Waals surface area contributed by atoms with Gasteiger partial charge in [0.05, 0.1) is 12.1 Å². The molecule has 2 fully saturated rings. The van der Waals surface area contributed by atoms with Crippen LogP contribution in [0.2, 0.25) is 0 Å². The van der Waals surface area contributed by atoms with Crippen LogP contribution >= 0.6 is 0 Å². The highest BCUT2D eigenvalue weighted by atomic mass is 19.1. The summed E-state index contributed by atoms with van der Waals surface area (Å²) in [4.78, 5) is 14.6. The summed E-state index contributed by atoms with van der Waals surface area (Å²) in [7, 11) is 0. The Morgan fingerprint density at radius 2 is 2.18 bits per heavy atom. The molecule has 22 heavy (non-hydrogen) atoms. The van der Waals surface area contributed by atoms with Crippen LogP contribution in [0.1, 0.15) is 19.3 Å². The third-order valence-electron chi connectivity index (χ3n) is 5.06. The van der Waals surface area contributed by atoms with E-state index < -0.39 is 0 Å². The number of likely N-dealkylation sites (tertiary alicyclic amines) is 1. The van der Waals surface area contributed by atoms with Gasteiger partial charge in [-0.1, -0.05) is 12.1 Å². The molecule has 1 aliphatic carbocycles. The normalized spacial score (nSPS) is 24.2. The molecule has 1 saturated heterocycles. The maximum absolute atomic E-state index is 13.3. The summed E-state index contributed by atoms with van der Waals surface area (Å²) in [5.41, 5.74) is 0.996. The van der Waals surface area contributed by atoms with Crippen LogP contribution in [0, 0.1) is 11.7 Å². The molecule has 1 saturated carbocycles. The summed E-state index contributed by atoms with van der Waals surface area (Å²) in [6.45, 7) is 2.94. The van der Waals surface area contributed by atoms with Gasteiger partial charge in [0.25, 0.3) is 5.56 Å². The third kappa shape index (κ3) is 2.50. The molecule has 1 aromatic carbocycles. The van der Waals surface area contributed by atoms with Crippen LogP contribution in [0.15, 0.2) is 35.3 Å². The van der Waals surface area contributed by atoms with Crippen molar-refractivity contribution in [1.29, 1.82) is 0 Å². The van der Waals surface area contributed by atoms with E-state index >= 15 is 0 Å². The Kier molecular flexibility index (Phi) is 3.37. The van der Waals surface area contributed by atoms with Crippen molar-refractivity contribution >= 4 is 0 Å². The number of aromatic nitrogens is 2. The average molecular weight is 301 g/mol. The fraction of sp³-hybridized carbons (Fsp3) is 0.471. The fourth-order valence-electron chi connectivity index (χ4n) is 3.96. The highest BCUT2D eigenvalue weighted by molar-refractivity contribution is 5.61. The Morgan fingerprint density at radius 1 is 1.27 bits per heavy atom. The Bertz CT molecular complexity index is 736. The third-order valence-corrected chi connectivity index (χ3v) is 5.06. The van der Waals surface area contributed by atoms with Crippen molar-refractivity contribution < 1.29 is 4.39 Å². The molecule has 2 heterocycles. The average Bonchev–Trinajstić information content (AvgIpc) is 3.20. The summed E-state index contributed by atoms with van der Waals surface area (Å²) < 4.78 is 15.1. The van der Waals surface area contributed by atoms with Crippen LogP contribution in [-0.2, 0) is 6.54 Å². The van der Waals surface area contributed by atoms with Gasteiger partial charge in [0.2, 0.25) is 0 Å². The first-order valence-corrected chi connectivity index (χ1v) is 7.98. The number of piperidine rings is 1. The van der Waals surface area contributed by atoms with E-state index in [1.165, 1.54) is 37.9 Å². The monoisotopic (exact) mass is 301 g/mol. The lowest BCUT2D eigenvalue weighted by Crippen LogP contribution is -2.34. The topological polar surface area (TPSA) is 41.0 Å². The molecular weight excluding hydrogens is 281 g/mol. The van der Waals surface area contributed by atoms with E-state index in [1.807, 2.05) is 4.68 Å². The van der Waals surface area contributed by atoms with Crippen molar-refractivity contribution in [3.8, 4) is 11.1 Å². The second-order valence-corrected chi connectivity index (χ2v) is 6.52. The maximum atomic E-state index is 13.3. The van der Waals surface area contributed by atoms with Crippen LogP contribution in [-0.4, -0.2) is 33.8 Å². The predicted molar refractivity (Wildman–Crippen MR) is 83.1 cm³/mol. The lowest BCUT2D eigenvalue weighted by atomic mass is 10.1. The molecule has 0 spiro atoms. The van der Waals surface area contributed by atoms with Gasteiger partial charge in [-0.2, -0.15) is 0 Å². The Labute approximate surface area is 128 Å². The first-order valence-electron chi connectivity index (χ1n) is 7.98. The lowest BCUT2D eigenvalue weighted by Gasteiger charge is -2.26. The van der Waals surface area contributed by atoms with Gasteiger partial charge in [-0.15, -0.1) is 0 Å². The second kappa shape index (κ2) is 5.39. The summed E-state index contributed by atoms with van der Waals surface area (Å²) in [5, 5.41) is 2.84. The summed E-state index contributed by atoms with van der Waals surface area (Å²) >= 11 is 0. The van der Waals surface area contributed by atoms with Gasteiger partial charge < -0.3 is 0 Å². The Hall–Kier alpha value is -1.88. The highest BCUT2D eigenvalue weighted by Gasteiger charge is 2.37. The lowest BCUT2D eigenvalue weighted by molar-refractivity contribution is 0.203. The Morgan fingerprint density at radius 3 is 2.91 bits per heavy atom. The molecule has 2 atom stereocenters. The number of rotatable bonds is 4. The SMILES string of the molecule is O=c1[nH]n(CCN2CC3CCC2C3)cc1-c1cccc(F)c1. The van der Waals surface area contributed by atoms with Gasteiger partial charge in [-0.25, -0.2) is 4.39 Å².